The maximum Gasteiger partial charge on any atom is 0.266 e. The van der Waals surface area contributed by atoms with E-state index in [9.17, 15) is 9.59 Å². The van der Waals surface area contributed by atoms with Crippen LogP contribution in [0.15, 0.2) is 96.1 Å². The number of para-hydroxylation sites is 2. The SMILES string of the molecule is CN(Cc1cnn(-c2ccccc2)c1)C(=O)c1ccc2c(=O)n(-c3ccccc3)c(=S)[nH]c2c1. The van der Waals surface area contributed by atoms with Crippen LogP contribution in [0.3, 0.4) is 0 Å². The largest absolute Gasteiger partial charge is 0.337 e. The molecule has 0 saturated heterocycles. The van der Waals surface area contributed by atoms with Gasteiger partial charge in [0.15, 0.2) is 4.77 Å². The molecule has 3 aromatic carbocycles. The maximum absolute atomic E-state index is 13.1. The number of H-pyrrole nitrogens is 1. The average molecular weight is 468 g/mol. The molecule has 0 fully saturated rings. The molecule has 2 aromatic heterocycles. The predicted octanol–water partition coefficient (Wildman–Crippen LogP) is 4.51. The molecule has 0 aliphatic carbocycles. The number of benzene rings is 3. The van der Waals surface area contributed by atoms with Gasteiger partial charge in [-0.3, -0.25) is 14.2 Å². The van der Waals surface area contributed by atoms with Crippen molar-refractivity contribution in [2.75, 3.05) is 7.05 Å². The summed E-state index contributed by atoms with van der Waals surface area (Å²) >= 11 is 5.44. The van der Waals surface area contributed by atoms with Gasteiger partial charge in [-0.05, 0) is 54.7 Å². The number of hydrogen-bond donors (Lipinski definition) is 1. The molecule has 0 aliphatic heterocycles. The van der Waals surface area contributed by atoms with E-state index >= 15 is 0 Å². The van der Waals surface area contributed by atoms with Gasteiger partial charge in [-0.1, -0.05) is 36.4 Å². The monoisotopic (exact) mass is 467 g/mol. The van der Waals surface area contributed by atoms with Gasteiger partial charge in [0.1, 0.15) is 0 Å². The van der Waals surface area contributed by atoms with Crippen LogP contribution >= 0.6 is 12.2 Å². The number of aromatic nitrogens is 4. The van der Waals surface area contributed by atoms with Gasteiger partial charge in [0, 0.05) is 30.9 Å². The van der Waals surface area contributed by atoms with Crippen molar-refractivity contribution in [2.24, 2.45) is 0 Å². The first kappa shape index (κ1) is 21.5. The lowest BCUT2D eigenvalue weighted by Gasteiger charge is -2.17. The molecule has 0 unspecified atom stereocenters. The van der Waals surface area contributed by atoms with Crippen LogP contribution in [0.4, 0.5) is 0 Å². The molecule has 5 rings (SSSR count). The molecule has 1 N–H and O–H groups in total. The van der Waals surface area contributed by atoms with E-state index in [1.54, 1.807) is 41.0 Å². The topological polar surface area (TPSA) is 75.9 Å². The molecule has 0 atom stereocenters. The van der Waals surface area contributed by atoms with Gasteiger partial charge in [0.25, 0.3) is 11.5 Å². The second kappa shape index (κ2) is 8.92. The van der Waals surface area contributed by atoms with Crippen molar-refractivity contribution in [1.29, 1.82) is 0 Å². The number of carbonyl (C=O) groups is 1. The van der Waals surface area contributed by atoms with Crippen molar-refractivity contribution in [1.82, 2.24) is 24.2 Å². The van der Waals surface area contributed by atoms with Gasteiger partial charge in [-0.25, -0.2) is 4.68 Å². The molecular formula is C26H21N5O2S. The van der Waals surface area contributed by atoms with Crippen molar-refractivity contribution < 1.29 is 4.79 Å². The minimum Gasteiger partial charge on any atom is -0.337 e. The summed E-state index contributed by atoms with van der Waals surface area (Å²) in [5.74, 6) is -0.166. The van der Waals surface area contributed by atoms with Crippen molar-refractivity contribution in [3.63, 3.8) is 0 Å². The summed E-state index contributed by atoms with van der Waals surface area (Å²) in [4.78, 5) is 30.9. The highest BCUT2D eigenvalue weighted by Crippen LogP contribution is 2.16. The lowest BCUT2D eigenvalue weighted by Crippen LogP contribution is -2.26. The summed E-state index contributed by atoms with van der Waals surface area (Å²) in [6, 6.07) is 24.0. The Morgan fingerprint density at radius 3 is 2.38 bits per heavy atom. The van der Waals surface area contributed by atoms with Crippen LogP contribution in [0.25, 0.3) is 22.3 Å². The fourth-order valence-corrected chi connectivity index (χ4v) is 4.19. The second-order valence-electron chi connectivity index (χ2n) is 7.96. The summed E-state index contributed by atoms with van der Waals surface area (Å²) < 4.78 is 3.51. The molecule has 0 radical (unpaired) electrons. The number of amides is 1. The number of nitrogens with zero attached hydrogens (tertiary/aromatic N) is 4. The highest BCUT2D eigenvalue weighted by atomic mass is 32.1. The Bertz CT molecular complexity index is 1600. The smallest absolute Gasteiger partial charge is 0.266 e. The summed E-state index contributed by atoms with van der Waals surface area (Å²) in [5.41, 5.74) is 3.31. The van der Waals surface area contributed by atoms with E-state index in [1.807, 2.05) is 66.9 Å². The van der Waals surface area contributed by atoms with Crippen LogP contribution in [-0.4, -0.2) is 37.2 Å². The first-order valence-electron chi connectivity index (χ1n) is 10.7. The van der Waals surface area contributed by atoms with Crippen molar-refractivity contribution in [2.45, 2.75) is 6.54 Å². The van der Waals surface area contributed by atoms with Gasteiger partial charge >= 0.3 is 0 Å². The van der Waals surface area contributed by atoms with Crippen LogP contribution in [0, 0.1) is 4.77 Å². The molecule has 8 heteroatoms. The summed E-state index contributed by atoms with van der Waals surface area (Å²) in [7, 11) is 1.74. The lowest BCUT2D eigenvalue weighted by atomic mass is 10.1. The van der Waals surface area contributed by atoms with Crippen molar-refractivity contribution in [3.05, 3.63) is 118 Å². The van der Waals surface area contributed by atoms with Crippen LogP contribution in [0.1, 0.15) is 15.9 Å². The Morgan fingerprint density at radius 1 is 1.00 bits per heavy atom. The molecule has 5 aromatic rings. The molecule has 34 heavy (non-hydrogen) atoms. The number of rotatable bonds is 5. The van der Waals surface area contributed by atoms with Gasteiger partial charge in [-0.15, -0.1) is 0 Å². The number of fused-ring (bicyclic) bond motifs is 1. The van der Waals surface area contributed by atoms with Crippen molar-refractivity contribution in [3.8, 4) is 11.4 Å². The van der Waals surface area contributed by atoms with Crippen LogP contribution < -0.4 is 5.56 Å². The third-order valence-electron chi connectivity index (χ3n) is 5.58. The van der Waals surface area contributed by atoms with E-state index in [0.717, 1.165) is 11.3 Å². The highest BCUT2D eigenvalue weighted by Gasteiger charge is 2.16. The Morgan fingerprint density at radius 2 is 1.68 bits per heavy atom. The standard InChI is InChI=1S/C26H21N5O2S/c1-29(16-18-15-27-30(17-18)20-8-4-2-5-9-20)24(32)19-12-13-22-23(14-19)28-26(34)31(25(22)33)21-10-6-3-7-11-21/h2-15,17H,16H2,1H3,(H,28,34). The lowest BCUT2D eigenvalue weighted by molar-refractivity contribution is 0.0785. The molecule has 168 valence electrons. The predicted molar refractivity (Wildman–Crippen MR) is 134 cm³/mol. The first-order valence-corrected chi connectivity index (χ1v) is 11.1. The zero-order chi connectivity index (χ0) is 23.7. The Kier molecular flexibility index (Phi) is 5.65. The quantitative estimate of drug-likeness (QED) is 0.386. The molecule has 0 spiro atoms. The minimum absolute atomic E-state index is 0.166. The third-order valence-corrected chi connectivity index (χ3v) is 5.87. The molecular weight excluding hydrogens is 446 g/mol. The van der Waals surface area contributed by atoms with Gasteiger partial charge < -0.3 is 9.88 Å². The second-order valence-corrected chi connectivity index (χ2v) is 8.34. The third kappa shape index (κ3) is 4.06. The van der Waals surface area contributed by atoms with Crippen molar-refractivity contribution >= 4 is 29.0 Å². The van der Waals surface area contributed by atoms with E-state index in [2.05, 4.69) is 10.1 Å². The summed E-state index contributed by atoms with van der Waals surface area (Å²) in [5, 5.41) is 4.85. The van der Waals surface area contributed by atoms with Crippen LogP contribution in [0.2, 0.25) is 0 Å². The molecule has 0 aliphatic rings. The molecule has 7 nitrogen and oxygen atoms in total. The number of aromatic amines is 1. The highest BCUT2D eigenvalue weighted by molar-refractivity contribution is 7.71. The average Bonchev–Trinajstić information content (AvgIpc) is 3.33. The van der Waals surface area contributed by atoms with Gasteiger partial charge in [-0.2, -0.15) is 5.10 Å². The van der Waals surface area contributed by atoms with Gasteiger partial charge in [0.05, 0.1) is 28.5 Å². The molecule has 2 heterocycles. The zero-order valence-corrected chi connectivity index (χ0v) is 19.2. The van der Waals surface area contributed by atoms with Gasteiger partial charge in [0.2, 0.25) is 0 Å². The normalized spacial score (nSPS) is 11.0. The Balaban J connectivity index is 1.41. The fraction of sp³-hybridized carbons (Fsp3) is 0.0769. The maximum atomic E-state index is 13.1. The number of carbonyl (C=O) groups excluding carboxylic acids is 1. The minimum atomic E-state index is -0.231. The van der Waals surface area contributed by atoms with E-state index in [1.165, 1.54) is 4.57 Å². The van der Waals surface area contributed by atoms with Crippen LogP contribution in [-0.2, 0) is 6.54 Å². The number of hydrogen-bond acceptors (Lipinski definition) is 4. The zero-order valence-electron chi connectivity index (χ0n) is 18.4. The summed E-state index contributed by atoms with van der Waals surface area (Å²) in [6.45, 7) is 0.398. The van der Waals surface area contributed by atoms with E-state index in [0.29, 0.717) is 28.7 Å². The fourth-order valence-electron chi connectivity index (χ4n) is 3.89. The van der Waals surface area contributed by atoms with Crippen LogP contribution in [0.5, 0.6) is 0 Å². The van der Waals surface area contributed by atoms with E-state index < -0.39 is 0 Å². The molecule has 0 saturated carbocycles. The van der Waals surface area contributed by atoms with E-state index in [-0.39, 0.29) is 16.2 Å². The van der Waals surface area contributed by atoms with E-state index in [4.69, 9.17) is 12.2 Å². The molecule has 0 bridgehead atoms. The first-order chi connectivity index (χ1) is 16.5. The molecule has 1 amide bonds. The number of nitrogens with one attached hydrogen (secondary N) is 1. The summed E-state index contributed by atoms with van der Waals surface area (Å²) in [6.07, 6.45) is 3.66. The Hall–Kier alpha value is -4.30. The Labute approximate surface area is 200 Å².